The zero-order valence-electron chi connectivity index (χ0n) is 15.9. The van der Waals surface area contributed by atoms with Crippen LogP contribution in [0.25, 0.3) is 0 Å². The van der Waals surface area contributed by atoms with Crippen LogP contribution in [0.1, 0.15) is 6.92 Å². The lowest BCUT2D eigenvalue weighted by Gasteiger charge is -2.34. The summed E-state index contributed by atoms with van der Waals surface area (Å²) in [5.41, 5.74) is 0.349. The quantitative estimate of drug-likeness (QED) is 0.592. The average molecular weight is 403 g/mol. The van der Waals surface area contributed by atoms with Crippen molar-refractivity contribution in [1.29, 1.82) is 0 Å². The number of carboxylic acid groups (broad SMARTS) is 1. The van der Waals surface area contributed by atoms with E-state index in [0.29, 0.717) is 38.5 Å². The second kappa shape index (κ2) is 7.15. The van der Waals surface area contributed by atoms with Gasteiger partial charge in [0, 0.05) is 36.9 Å². The van der Waals surface area contributed by atoms with Gasteiger partial charge in [-0.15, -0.1) is 0 Å². The van der Waals surface area contributed by atoms with E-state index in [-0.39, 0.29) is 18.4 Å². The largest absolute Gasteiger partial charge is 0.489 e. The first-order valence-corrected chi connectivity index (χ1v) is 9.19. The normalized spacial score (nSPS) is 20.9. The highest BCUT2D eigenvalue weighted by atomic mass is 16.6. The van der Waals surface area contributed by atoms with Gasteiger partial charge in [-0.25, -0.2) is 4.79 Å². The molecule has 0 radical (unpaired) electrons. The van der Waals surface area contributed by atoms with E-state index in [9.17, 15) is 14.9 Å². The predicted octanol–water partition coefficient (Wildman–Crippen LogP) is 1.82. The van der Waals surface area contributed by atoms with Crippen LogP contribution in [0.15, 0.2) is 30.5 Å². The Morgan fingerprint density at radius 1 is 1.31 bits per heavy atom. The summed E-state index contributed by atoms with van der Waals surface area (Å²) in [4.78, 5) is 28.6. The van der Waals surface area contributed by atoms with E-state index in [1.165, 1.54) is 11.1 Å². The van der Waals surface area contributed by atoms with Crippen molar-refractivity contribution in [3.63, 3.8) is 0 Å². The minimum atomic E-state index is -0.882. The zero-order valence-corrected chi connectivity index (χ0v) is 15.9. The molecule has 4 rings (SSSR count). The maximum absolute atomic E-state index is 11.0. The topological polar surface area (TPSA) is 123 Å². The molecule has 1 saturated heterocycles. The Hall–Kier alpha value is -3.50. The number of piperazine rings is 1. The monoisotopic (exact) mass is 403 g/mol. The van der Waals surface area contributed by atoms with Gasteiger partial charge in [-0.2, -0.15) is 0 Å². The fourth-order valence-electron chi connectivity index (χ4n) is 3.50. The van der Waals surface area contributed by atoms with Crippen molar-refractivity contribution in [2.75, 3.05) is 37.7 Å². The summed E-state index contributed by atoms with van der Waals surface area (Å²) in [5, 5.41) is 19.8. The van der Waals surface area contributed by atoms with Gasteiger partial charge >= 0.3 is 17.9 Å². The molecule has 154 valence electrons. The number of rotatable bonds is 5. The summed E-state index contributed by atoms with van der Waals surface area (Å²) in [6, 6.07) is 7.83. The molecule has 29 heavy (non-hydrogen) atoms. The number of carbonyl (C=O) groups is 1. The van der Waals surface area contributed by atoms with Gasteiger partial charge in [-0.1, -0.05) is 0 Å². The number of benzene rings is 1. The van der Waals surface area contributed by atoms with Gasteiger partial charge < -0.3 is 34.5 Å². The van der Waals surface area contributed by atoms with Crippen LogP contribution in [0, 0.1) is 10.1 Å². The molecule has 2 aliphatic rings. The molecule has 11 heteroatoms. The Labute approximate surface area is 166 Å². The number of fused-ring (bicyclic) bond motifs is 1. The highest BCUT2D eigenvalue weighted by Crippen LogP contribution is 2.31. The summed E-state index contributed by atoms with van der Waals surface area (Å²) < 4.78 is 13.2. The van der Waals surface area contributed by atoms with Crippen molar-refractivity contribution >= 4 is 17.6 Å². The number of anilines is 1. The predicted molar refractivity (Wildman–Crippen MR) is 102 cm³/mol. The number of nitro groups is 1. The molecule has 3 heterocycles. The second-order valence-corrected chi connectivity index (χ2v) is 7.36. The highest BCUT2D eigenvalue weighted by Gasteiger charge is 2.41. The van der Waals surface area contributed by atoms with Gasteiger partial charge in [-0.3, -0.25) is 4.57 Å². The molecule has 0 aliphatic carbocycles. The average Bonchev–Trinajstić information content (AvgIpc) is 3.22. The van der Waals surface area contributed by atoms with Crippen LogP contribution in [0.3, 0.4) is 0 Å². The molecule has 1 aromatic carbocycles. The van der Waals surface area contributed by atoms with Crippen LogP contribution in [0.2, 0.25) is 0 Å². The first-order chi connectivity index (χ1) is 13.8. The van der Waals surface area contributed by atoms with Gasteiger partial charge in [-0.05, 0) is 36.1 Å². The van der Waals surface area contributed by atoms with E-state index >= 15 is 0 Å². The second-order valence-electron chi connectivity index (χ2n) is 7.36. The Morgan fingerprint density at radius 2 is 2.00 bits per heavy atom. The van der Waals surface area contributed by atoms with E-state index < -0.39 is 16.6 Å². The lowest BCUT2D eigenvalue weighted by molar-refractivity contribution is -0.389. The number of aromatic nitrogens is 2. The third-order valence-electron chi connectivity index (χ3n) is 5.05. The molecule has 0 saturated carbocycles. The van der Waals surface area contributed by atoms with Crippen molar-refractivity contribution < 1.29 is 24.3 Å². The molecule has 0 unspecified atom stereocenters. The van der Waals surface area contributed by atoms with Crippen LogP contribution in [-0.4, -0.2) is 69.0 Å². The van der Waals surface area contributed by atoms with Crippen molar-refractivity contribution in [1.82, 2.24) is 14.5 Å². The first-order valence-electron chi connectivity index (χ1n) is 9.19. The summed E-state index contributed by atoms with van der Waals surface area (Å²) in [6.07, 6.45) is 0.479. The van der Waals surface area contributed by atoms with Gasteiger partial charge in [0.15, 0.2) is 5.60 Å². The number of hydrogen-bond donors (Lipinski definition) is 1. The first kappa shape index (κ1) is 18.8. The van der Waals surface area contributed by atoms with Gasteiger partial charge in [0.2, 0.25) is 0 Å². The molecule has 0 spiro atoms. The Bertz CT molecular complexity index is 896. The fourth-order valence-corrected chi connectivity index (χ4v) is 3.50. The maximum atomic E-state index is 11.0. The SMILES string of the molecule is C[C@]1(COc2ccc(N3CCN(C(=O)O)CC3)cc2)Cn2cc([N+](=O)[O-])nc2O1. The zero-order chi connectivity index (χ0) is 20.6. The van der Waals surface area contributed by atoms with E-state index in [1.54, 1.807) is 4.57 Å². The smallest absolute Gasteiger partial charge is 0.415 e. The van der Waals surface area contributed by atoms with Crippen LogP contribution in [-0.2, 0) is 6.54 Å². The molecule has 1 atom stereocenters. The highest BCUT2D eigenvalue weighted by molar-refractivity contribution is 5.65. The maximum Gasteiger partial charge on any atom is 0.415 e. The third-order valence-corrected chi connectivity index (χ3v) is 5.05. The summed E-state index contributed by atoms with van der Waals surface area (Å²) in [5.74, 6) is 0.445. The molecule has 1 amide bonds. The lowest BCUT2D eigenvalue weighted by atomic mass is 10.1. The lowest BCUT2D eigenvalue weighted by Crippen LogP contribution is -2.48. The van der Waals surface area contributed by atoms with Crippen molar-refractivity contribution in [3.05, 3.63) is 40.6 Å². The molecule has 1 aromatic heterocycles. The number of hydrogen-bond acceptors (Lipinski definition) is 7. The molecule has 11 nitrogen and oxygen atoms in total. The minimum Gasteiger partial charge on any atom is -0.489 e. The number of amides is 1. The van der Waals surface area contributed by atoms with E-state index in [4.69, 9.17) is 14.6 Å². The van der Waals surface area contributed by atoms with Crippen molar-refractivity contribution in [3.8, 4) is 11.8 Å². The fraction of sp³-hybridized carbons (Fsp3) is 0.444. The number of imidazole rings is 1. The molecular formula is C18H21N5O6. The Balaban J connectivity index is 1.31. The Kier molecular flexibility index (Phi) is 4.65. The molecule has 1 fully saturated rings. The summed E-state index contributed by atoms with van der Waals surface area (Å²) >= 11 is 0. The third kappa shape index (κ3) is 3.89. The van der Waals surface area contributed by atoms with E-state index in [0.717, 1.165) is 5.69 Å². The Morgan fingerprint density at radius 3 is 2.59 bits per heavy atom. The molecule has 2 aliphatic heterocycles. The number of ether oxygens (including phenoxy) is 2. The van der Waals surface area contributed by atoms with Crippen LogP contribution in [0.4, 0.5) is 16.3 Å². The van der Waals surface area contributed by atoms with Crippen molar-refractivity contribution in [2.24, 2.45) is 0 Å². The summed E-state index contributed by atoms with van der Waals surface area (Å²) in [7, 11) is 0. The van der Waals surface area contributed by atoms with Crippen LogP contribution >= 0.6 is 0 Å². The van der Waals surface area contributed by atoms with Gasteiger partial charge in [0.1, 0.15) is 18.6 Å². The number of nitrogens with zero attached hydrogens (tertiary/aromatic N) is 5. The van der Waals surface area contributed by atoms with Crippen LogP contribution < -0.4 is 14.4 Å². The van der Waals surface area contributed by atoms with Crippen molar-refractivity contribution in [2.45, 2.75) is 19.1 Å². The van der Waals surface area contributed by atoms with Crippen LogP contribution in [0.5, 0.6) is 11.8 Å². The molecule has 2 aromatic rings. The summed E-state index contributed by atoms with van der Waals surface area (Å²) in [6.45, 7) is 4.80. The van der Waals surface area contributed by atoms with E-state index in [2.05, 4.69) is 9.88 Å². The molecule has 0 bridgehead atoms. The molecular weight excluding hydrogens is 382 g/mol. The van der Waals surface area contributed by atoms with Gasteiger partial charge in [0.05, 0.1) is 6.54 Å². The van der Waals surface area contributed by atoms with E-state index in [1.807, 2.05) is 31.2 Å². The standard InChI is InChI=1S/C18H21N5O6/c1-18(11-22-10-15(23(26)27)19-16(22)29-18)12-28-14-4-2-13(3-5-14)20-6-8-21(9-7-20)17(24)25/h2-5,10H,6-9,11-12H2,1H3,(H,24,25)/t18-/m1/s1. The molecule has 1 N–H and O–H groups in total. The minimum absolute atomic E-state index is 0.221. The van der Waals surface area contributed by atoms with Gasteiger partial charge in [0.25, 0.3) is 0 Å².